The highest BCUT2D eigenvalue weighted by molar-refractivity contribution is 8.76. The molecule has 0 saturated carbocycles. The van der Waals surface area contributed by atoms with Crippen LogP contribution in [0.4, 0.5) is 0 Å². The van der Waals surface area contributed by atoms with E-state index in [0.717, 1.165) is 12.3 Å². The van der Waals surface area contributed by atoms with Crippen LogP contribution in [0.2, 0.25) is 0 Å². The van der Waals surface area contributed by atoms with Gasteiger partial charge in [-0.1, -0.05) is 21.6 Å². The summed E-state index contributed by atoms with van der Waals surface area (Å²) in [5.41, 5.74) is 5.34. The molecular weight excluding hydrogens is 176 g/mol. The second-order valence-corrected chi connectivity index (χ2v) is 4.37. The minimum Gasteiger partial charge on any atom is -0.330 e. The Kier molecular flexibility index (Phi) is 4.42. The maximum Gasteiger partial charge on any atom is 0.0412 e. The lowest BCUT2D eigenvalue weighted by molar-refractivity contribution is 1.16. The van der Waals surface area contributed by atoms with Gasteiger partial charge in [0.05, 0.1) is 0 Å². The molecule has 0 aliphatic heterocycles. The third-order valence-electron chi connectivity index (χ3n) is 0.991. The Balaban J connectivity index is 2.28. The second-order valence-electron chi connectivity index (χ2n) is 1.88. The van der Waals surface area contributed by atoms with Gasteiger partial charge in [0, 0.05) is 29.6 Å². The molecule has 0 aromatic carbocycles. The SMILES string of the molecule is NCCSSc1cccnc1. The van der Waals surface area contributed by atoms with Crippen LogP contribution in [0.5, 0.6) is 0 Å². The average molecular weight is 186 g/mol. The zero-order valence-electron chi connectivity index (χ0n) is 6.06. The van der Waals surface area contributed by atoms with Crippen molar-refractivity contribution in [3.63, 3.8) is 0 Å². The predicted octanol–water partition coefficient (Wildman–Crippen LogP) is 1.78. The van der Waals surface area contributed by atoms with Gasteiger partial charge in [-0.15, -0.1) is 0 Å². The van der Waals surface area contributed by atoms with Crippen molar-refractivity contribution in [2.45, 2.75) is 4.90 Å². The molecule has 0 radical (unpaired) electrons. The predicted molar refractivity (Wildman–Crippen MR) is 51.6 cm³/mol. The number of hydrogen-bond donors (Lipinski definition) is 1. The van der Waals surface area contributed by atoms with Crippen LogP contribution < -0.4 is 5.73 Å². The van der Waals surface area contributed by atoms with Gasteiger partial charge in [0.1, 0.15) is 0 Å². The molecule has 0 aliphatic carbocycles. The van der Waals surface area contributed by atoms with Crippen LogP contribution in [0.3, 0.4) is 0 Å². The molecule has 0 unspecified atom stereocenters. The standard InChI is InChI=1S/C7H10N2S2/c8-3-5-10-11-7-2-1-4-9-6-7/h1-2,4,6H,3,5,8H2. The van der Waals surface area contributed by atoms with Crippen molar-refractivity contribution >= 4 is 21.6 Å². The molecular formula is C7H10N2S2. The topological polar surface area (TPSA) is 38.9 Å². The summed E-state index contributed by atoms with van der Waals surface area (Å²) >= 11 is 0. The summed E-state index contributed by atoms with van der Waals surface area (Å²) in [5, 5.41) is 0. The van der Waals surface area contributed by atoms with E-state index in [1.54, 1.807) is 27.8 Å². The average Bonchev–Trinajstić information content (AvgIpc) is 2.07. The summed E-state index contributed by atoms with van der Waals surface area (Å²) < 4.78 is 0. The number of hydrogen-bond acceptors (Lipinski definition) is 4. The minimum atomic E-state index is 0.734. The lowest BCUT2D eigenvalue weighted by Crippen LogP contribution is -1.99. The van der Waals surface area contributed by atoms with Crippen molar-refractivity contribution in [1.29, 1.82) is 0 Å². The van der Waals surface area contributed by atoms with Gasteiger partial charge in [0.15, 0.2) is 0 Å². The molecule has 2 N–H and O–H groups in total. The molecule has 0 saturated heterocycles. The van der Waals surface area contributed by atoms with E-state index >= 15 is 0 Å². The quantitative estimate of drug-likeness (QED) is 0.574. The first-order valence-electron chi connectivity index (χ1n) is 3.33. The van der Waals surface area contributed by atoms with E-state index in [-0.39, 0.29) is 0 Å². The van der Waals surface area contributed by atoms with Crippen molar-refractivity contribution in [1.82, 2.24) is 4.98 Å². The summed E-state index contributed by atoms with van der Waals surface area (Å²) in [7, 11) is 3.48. The van der Waals surface area contributed by atoms with E-state index in [1.807, 2.05) is 18.3 Å². The molecule has 60 valence electrons. The van der Waals surface area contributed by atoms with Crippen molar-refractivity contribution in [3.05, 3.63) is 24.5 Å². The zero-order valence-corrected chi connectivity index (χ0v) is 7.70. The van der Waals surface area contributed by atoms with Crippen molar-refractivity contribution in [2.24, 2.45) is 5.73 Å². The monoisotopic (exact) mass is 186 g/mol. The Morgan fingerprint density at radius 2 is 2.45 bits per heavy atom. The summed E-state index contributed by atoms with van der Waals surface area (Å²) in [5.74, 6) is 0.986. The van der Waals surface area contributed by atoms with Crippen molar-refractivity contribution < 1.29 is 0 Å². The third kappa shape index (κ3) is 3.65. The van der Waals surface area contributed by atoms with Crippen LogP contribution in [0.25, 0.3) is 0 Å². The molecule has 0 aliphatic rings. The third-order valence-corrected chi connectivity index (χ3v) is 3.38. The van der Waals surface area contributed by atoms with Gasteiger partial charge in [-0.05, 0) is 12.1 Å². The highest BCUT2D eigenvalue weighted by atomic mass is 33.1. The molecule has 0 amide bonds. The molecule has 0 bridgehead atoms. The Morgan fingerprint density at radius 3 is 3.09 bits per heavy atom. The van der Waals surface area contributed by atoms with Crippen LogP contribution in [0.15, 0.2) is 29.4 Å². The van der Waals surface area contributed by atoms with Gasteiger partial charge in [-0.2, -0.15) is 0 Å². The Morgan fingerprint density at radius 1 is 1.55 bits per heavy atom. The first kappa shape index (κ1) is 8.90. The van der Waals surface area contributed by atoms with Crippen LogP contribution in [-0.2, 0) is 0 Å². The Hall–Kier alpha value is -0.190. The Labute approximate surface area is 74.4 Å². The molecule has 2 nitrogen and oxygen atoms in total. The van der Waals surface area contributed by atoms with E-state index in [4.69, 9.17) is 5.73 Å². The highest BCUT2D eigenvalue weighted by Gasteiger charge is 1.91. The molecule has 0 atom stereocenters. The lowest BCUT2D eigenvalue weighted by atomic mass is 10.5. The number of aromatic nitrogens is 1. The first-order valence-corrected chi connectivity index (χ1v) is 5.65. The van der Waals surface area contributed by atoms with Crippen molar-refractivity contribution in [3.8, 4) is 0 Å². The van der Waals surface area contributed by atoms with E-state index in [0.29, 0.717) is 0 Å². The van der Waals surface area contributed by atoms with Gasteiger partial charge in [0.25, 0.3) is 0 Å². The van der Waals surface area contributed by atoms with Gasteiger partial charge in [-0.25, -0.2) is 0 Å². The summed E-state index contributed by atoms with van der Waals surface area (Å²) in [6.07, 6.45) is 3.63. The second kappa shape index (κ2) is 5.46. The molecule has 1 aromatic rings. The van der Waals surface area contributed by atoms with E-state index in [9.17, 15) is 0 Å². The number of nitrogens with two attached hydrogens (primary N) is 1. The van der Waals surface area contributed by atoms with E-state index in [2.05, 4.69) is 4.98 Å². The fourth-order valence-corrected chi connectivity index (χ4v) is 2.35. The first-order chi connectivity index (χ1) is 5.43. The van der Waals surface area contributed by atoms with Crippen LogP contribution in [0, 0.1) is 0 Å². The fraction of sp³-hybridized carbons (Fsp3) is 0.286. The maximum atomic E-state index is 5.34. The smallest absolute Gasteiger partial charge is 0.0412 e. The van der Waals surface area contributed by atoms with Crippen molar-refractivity contribution in [2.75, 3.05) is 12.3 Å². The molecule has 1 aromatic heterocycles. The number of rotatable bonds is 4. The largest absolute Gasteiger partial charge is 0.330 e. The fourth-order valence-electron chi connectivity index (χ4n) is 0.554. The molecule has 0 spiro atoms. The molecule has 11 heavy (non-hydrogen) atoms. The van der Waals surface area contributed by atoms with Crippen LogP contribution >= 0.6 is 21.6 Å². The van der Waals surface area contributed by atoms with Gasteiger partial charge in [0.2, 0.25) is 0 Å². The van der Waals surface area contributed by atoms with E-state index in [1.165, 1.54) is 4.90 Å². The van der Waals surface area contributed by atoms with Crippen LogP contribution in [-0.4, -0.2) is 17.3 Å². The zero-order chi connectivity index (χ0) is 7.94. The minimum absolute atomic E-state index is 0.734. The number of nitrogens with zero attached hydrogens (tertiary/aromatic N) is 1. The van der Waals surface area contributed by atoms with Gasteiger partial charge >= 0.3 is 0 Å². The molecule has 0 fully saturated rings. The summed E-state index contributed by atoms with van der Waals surface area (Å²) in [4.78, 5) is 5.18. The Bertz CT molecular complexity index is 191. The van der Waals surface area contributed by atoms with E-state index < -0.39 is 0 Å². The van der Waals surface area contributed by atoms with Gasteiger partial charge < -0.3 is 5.73 Å². The summed E-state index contributed by atoms with van der Waals surface area (Å²) in [6, 6.07) is 3.98. The van der Waals surface area contributed by atoms with Crippen LogP contribution in [0.1, 0.15) is 0 Å². The molecule has 4 heteroatoms. The normalized spacial score (nSPS) is 9.91. The highest BCUT2D eigenvalue weighted by Crippen LogP contribution is 2.29. The summed E-state index contributed by atoms with van der Waals surface area (Å²) in [6.45, 7) is 0.734. The number of pyridine rings is 1. The maximum absolute atomic E-state index is 5.34. The molecule has 1 heterocycles. The van der Waals surface area contributed by atoms with Gasteiger partial charge in [-0.3, -0.25) is 4.98 Å². The molecule has 1 rings (SSSR count). The lowest BCUT2D eigenvalue weighted by Gasteiger charge is -1.96.